The summed E-state index contributed by atoms with van der Waals surface area (Å²) in [6.07, 6.45) is 1.19. The van der Waals surface area contributed by atoms with E-state index < -0.39 is 0 Å². The van der Waals surface area contributed by atoms with E-state index >= 15 is 0 Å². The molecular formula is C14H23NS. The van der Waals surface area contributed by atoms with Gasteiger partial charge in [0.1, 0.15) is 0 Å². The lowest BCUT2D eigenvalue weighted by Crippen LogP contribution is -2.24. The van der Waals surface area contributed by atoms with Gasteiger partial charge < -0.3 is 5.32 Å². The van der Waals surface area contributed by atoms with Crippen molar-refractivity contribution in [1.29, 1.82) is 0 Å². The van der Waals surface area contributed by atoms with Gasteiger partial charge in [-0.25, -0.2) is 0 Å². The van der Waals surface area contributed by atoms with E-state index in [2.05, 4.69) is 56.4 Å². The fourth-order valence-electron chi connectivity index (χ4n) is 1.57. The van der Waals surface area contributed by atoms with Gasteiger partial charge in [-0.05, 0) is 23.8 Å². The van der Waals surface area contributed by atoms with Crippen LogP contribution < -0.4 is 5.32 Å². The van der Waals surface area contributed by atoms with Gasteiger partial charge in [0, 0.05) is 11.8 Å². The number of benzene rings is 1. The third kappa shape index (κ3) is 5.04. The van der Waals surface area contributed by atoms with Gasteiger partial charge in [0.15, 0.2) is 0 Å². The van der Waals surface area contributed by atoms with E-state index in [-0.39, 0.29) is 0 Å². The van der Waals surface area contributed by atoms with Crippen molar-refractivity contribution in [3.8, 4) is 0 Å². The Kier molecular flexibility index (Phi) is 6.58. The largest absolute Gasteiger partial charge is 0.309 e. The lowest BCUT2D eigenvalue weighted by molar-refractivity contribution is 0.577. The zero-order valence-electron chi connectivity index (χ0n) is 10.6. The van der Waals surface area contributed by atoms with Gasteiger partial charge in [0.05, 0.1) is 0 Å². The molecule has 0 aromatic heterocycles. The second-order valence-electron chi connectivity index (χ2n) is 4.30. The Balaban J connectivity index is 2.56. The normalized spacial score (nSPS) is 13.0. The van der Waals surface area contributed by atoms with Crippen LogP contribution in [0.4, 0.5) is 0 Å². The Labute approximate surface area is 104 Å². The van der Waals surface area contributed by atoms with Crippen LogP contribution in [-0.2, 0) is 0 Å². The van der Waals surface area contributed by atoms with E-state index in [0.717, 1.165) is 12.3 Å². The zero-order valence-corrected chi connectivity index (χ0v) is 11.4. The molecule has 1 unspecified atom stereocenters. The van der Waals surface area contributed by atoms with Gasteiger partial charge in [0.2, 0.25) is 0 Å². The molecule has 0 saturated carbocycles. The van der Waals surface area contributed by atoms with E-state index in [4.69, 9.17) is 0 Å². The Bertz CT molecular complexity index is 271. The minimum absolute atomic E-state index is 0.494. The molecule has 16 heavy (non-hydrogen) atoms. The average molecular weight is 237 g/mol. The molecule has 0 aliphatic carbocycles. The molecule has 1 N–H and O–H groups in total. The molecular weight excluding hydrogens is 214 g/mol. The highest BCUT2D eigenvalue weighted by Gasteiger charge is 2.10. The first-order valence-corrected chi connectivity index (χ1v) is 7.18. The van der Waals surface area contributed by atoms with Crippen LogP contribution in [0.3, 0.4) is 0 Å². The van der Waals surface area contributed by atoms with Gasteiger partial charge in [-0.2, -0.15) is 11.8 Å². The maximum Gasteiger partial charge on any atom is 0.0411 e. The first-order valence-electron chi connectivity index (χ1n) is 6.14. The highest BCUT2D eigenvalue weighted by atomic mass is 32.2. The molecule has 0 fully saturated rings. The molecule has 0 heterocycles. The number of hydrogen-bond acceptors (Lipinski definition) is 2. The SMILES string of the molecule is CCCNC(CSC(C)C)c1ccccc1. The van der Waals surface area contributed by atoms with Crippen LogP contribution in [0.5, 0.6) is 0 Å². The topological polar surface area (TPSA) is 12.0 Å². The quantitative estimate of drug-likeness (QED) is 0.772. The standard InChI is InChI=1S/C14H23NS/c1-4-10-15-14(11-16-12(2)3)13-8-6-5-7-9-13/h5-9,12,14-15H,4,10-11H2,1-3H3. The highest BCUT2D eigenvalue weighted by Crippen LogP contribution is 2.21. The molecule has 90 valence electrons. The van der Waals surface area contributed by atoms with E-state index in [1.54, 1.807) is 0 Å². The van der Waals surface area contributed by atoms with Crippen molar-refractivity contribution in [1.82, 2.24) is 5.32 Å². The van der Waals surface area contributed by atoms with Gasteiger partial charge in [-0.15, -0.1) is 0 Å². The number of nitrogens with one attached hydrogen (secondary N) is 1. The summed E-state index contributed by atoms with van der Waals surface area (Å²) in [5.41, 5.74) is 1.41. The number of rotatable bonds is 7. The lowest BCUT2D eigenvalue weighted by atomic mass is 10.1. The summed E-state index contributed by atoms with van der Waals surface area (Å²) in [6, 6.07) is 11.2. The van der Waals surface area contributed by atoms with Crippen LogP contribution in [0.15, 0.2) is 30.3 Å². The summed E-state index contributed by atoms with van der Waals surface area (Å²) < 4.78 is 0. The van der Waals surface area contributed by atoms with Crippen molar-refractivity contribution >= 4 is 11.8 Å². The van der Waals surface area contributed by atoms with Crippen LogP contribution in [0, 0.1) is 0 Å². The number of hydrogen-bond donors (Lipinski definition) is 1. The van der Waals surface area contributed by atoms with Crippen LogP contribution in [0.25, 0.3) is 0 Å². The fourth-order valence-corrected chi connectivity index (χ4v) is 2.45. The zero-order chi connectivity index (χ0) is 11.8. The second kappa shape index (κ2) is 7.75. The molecule has 0 spiro atoms. The van der Waals surface area contributed by atoms with Crippen LogP contribution >= 0.6 is 11.8 Å². The molecule has 1 aromatic carbocycles. The van der Waals surface area contributed by atoms with Crippen molar-refractivity contribution in [2.24, 2.45) is 0 Å². The van der Waals surface area contributed by atoms with E-state index in [9.17, 15) is 0 Å². The Morgan fingerprint density at radius 1 is 1.19 bits per heavy atom. The predicted octanol–water partition coefficient (Wildman–Crippen LogP) is 3.87. The maximum atomic E-state index is 3.62. The summed E-state index contributed by atoms with van der Waals surface area (Å²) in [6.45, 7) is 7.82. The van der Waals surface area contributed by atoms with Crippen LogP contribution in [0.2, 0.25) is 0 Å². The smallest absolute Gasteiger partial charge is 0.0411 e. The first-order chi connectivity index (χ1) is 7.74. The van der Waals surface area contributed by atoms with Gasteiger partial charge in [0.25, 0.3) is 0 Å². The summed E-state index contributed by atoms with van der Waals surface area (Å²) in [5, 5.41) is 4.32. The summed E-state index contributed by atoms with van der Waals surface area (Å²) in [4.78, 5) is 0. The van der Waals surface area contributed by atoms with Crippen molar-refractivity contribution in [3.63, 3.8) is 0 Å². The maximum absolute atomic E-state index is 3.62. The molecule has 0 amide bonds. The minimum atomic E-state index is 0.494. The Hall–Kier alpha value is -0.470. The van der Waals surface area contributed by atoms with E-state index in [1.807, 2.05) is 11.8 Å². The monoisotopic (exact) mass is 237 g/mol. The average Bonchev–Trinajstić information content (AvgIpc) is 2.30. The molecule has 1 atom stereocenters. The third-order valence-electron chi connectivity index (χ3n) is 2.44. The summed E-state index contributed by atoms with van der Waals surface area (Å²) in [5.74, 6) is 1.15. The first kappa shape index (κ1) is 13.6. The molecule has 0 aliphatic heterocycles. The molecule has 1 nitrogen and oxygen atoms in total. The molecule has 1 aromatic rings. The van der Waals surface area contributed by atoms with E-state index in [0.29, 0.717) is 11.3 Å². The Morgan fingerprint density at radius 3 is 2.44 bits per heavy atom. The highest BCUT2D eigenvalue weighted by molar-refractivity contribution is 7.99. The van der Waals surface area contributed by atoms with Crippen molar-refractivity contribution < 1.29 is 0 Å². The van der Waals surface area contributed by atoms with Crippen LogP contribution in [-0.4, -0.2) is 17.5 Å². The van der Waals surface area contributed by atoms with Crippen molar-refractivity contribution in [2.45, 2.75) is 38.5 Å². The molecule has 1 rings (SSSR count). The van der Waals surface area contributed by atoms with Crippen molar-refractivity contribution in [2.75, 3.05) is 12.3 Å². The van der Waals surface area contributed by atoms with Crippen molar-refractivity contribution in [3.05, 3.63) is 35.9 Å². The van der Waals surface area contributed by atoms with Gasteiger partial charge in [-0.1, -0.05) is 51.1 Å². The molecule has 2 heteroatoms. The third-order valence-corrected chi connectivity index (χ3v) is 3.63. The minimum Gasteiger partial charge on any atom is -0.309 e. The van der Waals surface area contributed by atoms with E-state index in [1.165, 1.54) is 12.0 Å². The van der Waals surface area contributed by atoms with Crippen LogP contribution in [0.1, 0.15) is 38.8 Å². The second-order valence-corrected chi connectivity index (χ2v) is 5.91. The fraction of sp³-hybridized carbons (Fsp3) is 0.571. The molecule has 0 saturated heterocycles. The number of thioether (sulfide) groups is 1. The molecule has 0 bridgehead atoms. The van der Waals surface area contributed by atoms with Gasteiger partial charge >= 0.3 is 0 Å². The lowest BCUT2D eigenvalue weighted by Gasteiger charge is -2.19. The summed E-state index contributed by atoms with van der Waals surface area (Å²) in [7, 11) is 0. The predicted molar refractivity (Wildman–Crippen MR) is 75.1 cm³/mol. The molecule has 0 radical (unpaired) electrons. The summed E-state index contributed by atoms with van der Waals surface area (Å²) >= 11 is 2.02. The Morgan fingerprint density at radius 2 is 1.88 bits per heavy atom. The van der Waals surface area contributed by atoms with Gasteiger partial charge in [-0.3, -0.25) is 0 Å². The molecule has 0 aliphatic rings.